The van der Waals surface area contributed by atoms with Crippen molar-refractivity contribution in [2.75, 3.05) is 13.1 Å². The van der Waals surface area contributed by atoms with Gasteiger partial charge in [0.1, 0.15) is 0 Å². The molecule has 0 unspecified atom stereocenters. The van der Waals surface area contributed by atoms with Crippen molar-refractivity contribution in [3.63, 3.8) is 0 Å². The van der Waals surface area contributed by atoms with Gasteiger partial charge in [-0.25, -0.2) is 4.98 Å². The molecule has 0 aliphatic carbocycles. The molecule has 1 amide bonds. The van der Waals surface area contributed by atoms with Crippen LogP contribution in [0.15, 0.2) is 5.38 Å². The minimum absolute atomic E-state index is 0.245. The average Bonchev–Trinajstić information content (AvgIpc) is 3.25. The first-order valence-electron chi connectivity index (χ1n) is 9.13. The van der Waals surface area contributed by atoms with E-state index >= 15 is 0 Å². The highest BCUT2D eigenvalue weighted by molar-refractivity contribution is 7.09. The number of hydrogen-bond donors (Lipinski definition) is 0. The first-order valence-corrected chi connectivity index (χ1v) is 10.0. The summed E-state index contributed by atoms with van der Waals surface area (Å²) in [6, 6.07) is 0.954. The maximum atomic E-state index is 11.9. The summed E-state index contributed by atoms with van der Waals surface area (Å²) < 4.78 is 0. The third-order valence-corrected chi connectivity index (χ3v) is 6.23. The number of carbonyl (C=O) groups is 1. The van der Waals surface area contributed by atoms with E-state index in [1.54, 1.807) is 6.92 Å². The highest BCUT2D eigenvalue weighted by Gasteiger charge is 2.38. The Kier molecular flexibility index (Phi) is 5.70. The van der Waals surface area contributed by atoms with E-state index in [0.29, 0.717) is 12.1 Å². The van der Waals surface area contributed by atoms with Crippen molar-refractivity contribution in [1.29, 1.82) is 0 Å². The van der Waals surface area contributed by atoms with E-state index in [4.69, 9.17) is 4.98 Å². The van der Waals surface area contributed by atoms with Gasteiger partial charge in [0, 0.05) is 37.5 Å². The molecular formula is C18H29N3OS. The van der Waals surface area contributed by atoms with Gasteiger partial charge in [0.05, 0.1) is 10.7 Å². The van der Waals surface area contributed by atoms with Gasteiger partial charge in [-0.3, -0.25) is 9.69 Å². The van der Waals surface area contributed by atoms with Crippen LogP contribution in [0.1, 0.15) is 63.1 Å². The molecule has 128 valence electrons. The number of amides is 1. The van der Waals surface area contributed by atoms with Gasteiger partial charge in [-0.1, -0.05) is 13.3 Å². The molecule has 3 heterocycles. The van der Waals surface area contributed by atoms with Crippen LogP contribution in [-0.4, -0.2) is 45.9 Å². The first-order chi connectivity index (χ1) is 11.2. The van der Waals surface area contributed by atoms with Crippen LogP contribution in [0.25, 0.3) is 0 Å². The Morgan fingerprint density at radius 2 is 2.09 bits per heavy atom. The molecule has 2 saturated heterocycles. The number of carbonyl (C=O) groups excluding carboxylic acids is 1. The lowest BCUT2D eigenvalue weighted by Gasteiger charge is -2.34. The molecule has 0 saturated carbocycles. The van der Waals surface area contributed by atoms with E-state index in [0.717, 1.165) is 32.5 Å². The molecule has 2 aliphatic rings. The summed E-state index contributed by atoms with van der Waals surface area (Å²) in [6.07, 6.45) is 8.37. The number of rotatable bonds is 6. The van der Waals surface area contributed by atoms with E-state index in [9.17, 15) is 4.79 Å². The van der Waals surface area contributed by atoms with Gasteiger partial charge in [-0.2, -0.15) is 0 Å². The maximum Gasteiger partial charge on any atom is 0.219 e. The van der Waals surface area contributed by atoms with E-state index in [-0.39, 0.29) is 5.91 Å². The Morgan fingerprint density at radius 1 is 1.30 bits per heavy atom. The minimum atomic E-state index is 0.245. The minimum Gasteiger partial charge on any atom is -0.338 e. The summed E-state index contributed by atoms with van der Waals surface area (Å²) in [5.41, 5.74) is 1.22. The third-order valence-electron chi connectivity index (χ3n) is 5.27. The largest absolute Gasteiger partial charge is 0.338 e. The van der Waals surface area contributed by atoms with Gasteiger partial charge in [0.2, 0.25) is 5.91 Å². The Bertz CT molecular complexity index is 530. The Balaban J connectivity index is 1.62. The number of hydrogen-bond acceptors (Lipinski definition) is 4. The third kappa shape index (κ3) is 3.94. The van der Waals surface area contributed by atoms with Gasteiger partial charge in [-0.15, -0.1) is 11.3 Å². The second-order valence-corrected chi connectivity index (χ2v) is 7.88. The van der Waals surface area contributed by atoms with Crippen molar-refractivity contribution in [2.24, 2.45) is 0 Å². The number of aryl methyl sites for hydroxylation is 1. The van der Waals surface area contributed by atoms with Gasteiger partial charge in [-0.05, 0) is 45.1 Å². The molecule has 1 aromatic rings. The molecule has 1 aromatic heterocycles. The zero-order chi connectivity index (χ0) is 16.2. The molecular weight excluding hydrogens is 306 g/mol. The van der Waals surface area contributed by atoms with Gasteiger partial charge in [0.25, 0.3) is 0 Å². The zero-order valence-corrected chi connectivity index (χ0v) is 15.3. The van der Waals surface area contributed by atoms with Crippen molar-refractivity contribution in [2.45, 2.75) is 77.4 Å². The molecule has 2 aliphatic heterocycles. The molecule has 2 fully saturated rings. The highest BCUT2D eigenvalue weighted by Crippen LogP contribution is 2.31. The topological polar surface area (TPSA) is 36.4 Å². The quantitative estimate of drug-likeness (QED) is 0.799. The molecule has 0 spiro atoms. The fourth-order valence-electron chi connectivity index (χ4n) is 4.14. The first kappa shape index (κ1) is 16.9. The number of nitrogens with zero attached hydrogens (tertiary/aromatic N) is 3. The zero-order valence-electron chi connectivity index (χ0n) is 14.5. The van der Waals surface area contributed by atoms with Crippen molar-refractivity contribution < 1.29 is 4.79 Å². The number of unbranched alkanes of at least 4 members (excludes halogenated alkanes) is 1. The van der Waals surface area contributed by atoms with E-state index in [2.05, 4.69) is 22.1 Å². The standard InChI is InChI=1S/C18H29N3OS/c1-3-4-9-18-19-15(13-23-18)12-20-10-5-7-16(20)17-8-6-11-21(17)14(2)22/h13,16-17H,3-12H2,1-2H3/t16-,17-/m1/s1. The van der Waals surface area contributed by atoms with Gasteiger partial charge >= 0.3 is 0 Å². The molecule has 0 aromatic carbocycles. The van der Waals surface area contributed by atoms with Gasteiger partial charge < -0.3 is 4.90 Å². The van der Waals surface area contributed by atoms with E-state index in [1.165, 1.54) is 42.8 Å². The molecule has 2 atom stereocenters. The van der Waals surface area contributed by atoms with Crippen LogP contribution in [0.4, 0.5) is 0 Å². The second kappa shape index (κ2) is 7.75. The van der Waals surface area contributed by atoms with Crippen molar-refractivity contribution in [1.82, 2.24) is 14.8 Å². The second-order valence-electron chi connectivity index (χ2n) is 6.94. The Hall–Kier alpha value is -0.940. The van der Waals surface area contributed by atoms with Crippen molar-refractivity contribution in [3.05, 3.63) is 16.1 Å². The SMILES string of the molecule is CCCCc1nc(CN2CCC[C@@H]2[C@H]2CCCN2C(C)=O)cs1. The lowest BCUT2D eigenvalue weighted by atomic mass is 10.0. The van der Waals surface area contributed by atoms with Crippen LogP contribution in [0, 0.1) is 0 Å². The van der Waals surface area contributed by atoms with Gasteiger partial charge in [0.15, 0.2) is 0 Å². The molecule has 0 bridgehead atoms. The Morgan fingerprint density at radius 3 is 2.87 bits per heavy atom. The van der Waals surface area contributed by atoms with Crippen LogP contribution in [0.5, 0.6) is 0 Å². The molecule has 5 heteroatoms. The van der Waals surface area contributed by atoms with Crippen molar-refractivity contribution >= 4 is 17.2 Å². The van der Waals surface area contributed by atoms with Crippen LogP contribution in [-0.2, 0) is 17.8 Å². The normalized spacial score (nSPS) is 25.4. The number of thiazole rings is 1. The predicted octanol–water partition coefficient (Wildman–Crippen LogP) is 3.46. The molecule has 0 N–H and O–H groups in total. The summed E-state index contributed by atoms with van der Waals surface area (Å²) in [5, 5.41) is 3.52. The summed E-state index contributed by atoms with van der Waals surface area (Å²) in [6.45, 7) is 7.00. The van der Waals surface area contributed by atoms with E-state index in [1.807, 2.05) is 11.3 Å². The lowest BCUT2D eigenvalue weighted by molar-refractivity contribution is -0.130. The van der Waals surface area contributed by atoms with E-state index < -0.39 is 0 Å². The highest BCUT2D eigenvalue weighted by atomic mass is 32.1. The lowest BCUT2D eigenvalue weighted by Crippen LogP contribution is -2.47. The summed E-state index contributed by atoms with van der Waals surface area (Å²) >= 11 is 1.81. The number of likely N-dealkylation sites (tertiary alicyclic amines) is 2. The van der Waals surface area contributed by atoms with Crippen LogP contribution < -0.4 is 0 Å². The van der Waals surface area contributed by atoms with Crippen LogP contribution in [0.3, 0.4) is 0 Å². The molecule has 3 rings (SSSR count). The molecule has 0 radical (unpaired) electrons. The predicted molar refractivity (Wildman–Crippen MR) is 94.6 cm³/mol. The summed E-state index contributed by atoms with van der Waals surface area (Å²) in [4.78, 5) is 21.4. The Labute approximate surface area is 143 Å². The molecule has 23 heavy (non-hydrogen) atoms. The molecule has 4 nitrogen and oxygen atoms in total. The average molecular weight is 336 g/mol. The number of aromatic nitrogens is 1. The monoisotopic (exact) mass is 335 g/mol. The van der Waals surface area contributed by atoms with Crippen LogP contribution >= 0.6 is 11.3 Å². The van der Waals surface area contributed by atoms with Crippen molar-refractivity contribution in [3.8, 4) is 0 Å². The smallest absolute Gasteiger partial charge is 0.219 e. The summed E-state index contributed by atoms with van der Waals surface area (Å²) in [5.74, 6) is 0.245. The fourth-order valence-corrected chi connectivity index (χ4v) is 4.97. The maximum absolute atomic E-state index is 11.9. The summed E-state index contributed by atoms with van der Waals surface area (Å²) in [7, 11) is 0. The van der Waals surface area contributed by atoms with Crippen LogP contribution in [0.2, 0.25) is 0 Å². The fraction of sp³-hybridized carbons (Fsp3) is 0.778.